The van der Waals surface area contributed by atoms with Crippen LogP contribution in [0.2, 0.25) is 0 Å². The molecule has 0 saturated carbocycles. The summed E-state index contributed by atoms with van der Waals surface area (Å²) in [6.45, 7) is 0. The number of aromatic nitrogens is 1. The lowest BCUT2D eigenvalue weighted by Gasteiger charge is -2.14. The maximum Gasteiger partial charge on any atom is 0.245 e. The Kier molecular flexibility index (Phi) is 5.15. The Hall–Kier alpha value is -3.38. The molecule has 2 aromatic carbocycles. The van der Waals surface area contributed by atoms with Crippen molar-refractivity contribution in [1.29, 1.82) is 0 Å². The van der Waals surface area contributed by atoms with Crippen LogP contribution in [0.25, 0.3) is 22.3 Å². The van der Waals surface area contributed by atoms with E-state index in [1.54, 1.807) is 17.0 Å². The molecule has 0 spiro atoms. The minimum atomic E-state index is -0.862. The summed E-state index contributed by atoms with van der Waals surface area (Å²) in [6, 6.07) is 19.1. The molecule has 0 fully saturated rings. The van der Waals surface area contributed by atoms with Crippen LogP contribution in [-0.4, -0.2) is 21.6 Å². The summed E-state index contributed by atoms with van der Waals surface area (Å²) in [4.78, 5) is 23.0. The molecule has 1 heterocycles. The number of hydrogen-bond acceptors (Lipinski definition) is 3. The zero-order valence-corrected chi connectivity index (χ0v) is 14.0. The standard InChI is InChI=1S/C20H19N3O3/c21-20(25)18(12-19(24)22-26)23-11-10-17(13-23)16-8-6-15(7-9-16)14-4-2-1-3-5-14/h1-11,13,18,26H,12H2,(H2,21,25)(H,22,24)/t18-/m1/s1. The lowest BCUT2D eigenvalue weighted by molar-refractivity contribution is -0.133. The zero-order chi connectivity index (χ0) is 18.5. The van der Waals surface area contributed by atoms with Crippen molar-refractivity contribution in [2.75, 3.05) is 0 Å². The lowest BCUT2D eigenvalue weighted by atomic mass is 10.0. The topological polar surface area (TPSA) is 97.3 Å². The van der Waals surface area contributed by atoms with E-state index in [0.717, 1.165) is 22.3 Å². The van der Waals surface area contributed by atoms with Crippen LogP contribution in [0.3, 0.4) is 0 Å². The number of hydrogen-bond donors (Lipinski definition) is 3. The maximum atomic E-state index is 11.6. The third-order valence-electron chi connectivity index (χ3n) is 4.23. The summed E-state index contributed by atoms with van der Waals surface area (Å²) in [5.41, 5.74) is 11.0. The quantitative estimate of drug-likeness (QED) is 0.471. The maximum absolute atomic E-state index is 11.6. The second-order valence-electron chi connectivity index (χ2n) is 5.95. The smallest absolute Gasteiger partial charge is 0.245 e. The van der Waals surface area contributed by atoms with E-state index >= 15 is 0 Å². The summed E-state index contributed by atoms with van der Waals surface area (Å²) in [5.74, 6) is -1.31. The first-order valence-corrected chi connectivity index (χ1v) is 8.14. The van der Waals surface area contributed by atoms with E-state index in [-0.39, 0.29) is 6.42 Å². The first-order valence-electron chi connectivity index (χ1n) is 8.14. The number of rotatable bonds is 6. The summed E-state index contributed by atoms with van der Waals surface area (Å²) < 4.78 is 1.58. The van der Waals surface area contributed by atoms with Crippen molar-refractivity contribution in [3.63, 3.8) is 0 Å². The molecule has 3 rings (SSSR count). The molecule has 0 aliphatic rings. The van der Waals surface area contributed by atoms with Crippen LogP contribution in [0, 0.1) is 0 Å². The van der Waals surface area contributed by atoms with Crippen LogP contribution < -0.4 is 11.2 Å². The van der Waals surface area contributed by atoms with Gasteiger partial charge in [0.05, 0.1) is 6.42 Å². The molecule has 3 aromatic rings. The molecule has 0 unspecified atom stereocenters. The van der Waals surface area contributed by atoms with E-state index in [9.17, 15) is 9.59 Å². The van der Waals surface area contributed by atoms with Gasteiger partial charge >= 0.3 is 0 Å². The second-order valence-corrected chi connectivity index (χ2v) is 5.95. The SMILES string of the molecule is NC(=O)[C@@H](CC(=O)NO)n1ccc(-c2ccc(-c3ccccc3)cc2)c1. The second kappa shape index (κ2) is 7.67. The number of nitrogens with zero attached hydrogens (tertiary/aromatic N) is 1. The summed E-state index contributed by atoms with van der Waals surface area (Å²) >= 11 is 0. The number of carbonyl (C=O) groups is 2. The van der Waals surface area contributed by atoms with Crippen molar-refractivity contribution in [3.8, 4) is 22.3 Å². The molecule has 1 aromatic heterocycles. The highest BCUT2D eigenvalue weighted by Gasteiger charge is 2.21. The number of hydroxylamine groups is 1. The Morgan fingerprint density at radius 1 is 0.923 bits per heavy atom. The van der Waals surface area contributed by atoms with E-state index < -0.39 is 17.9 Å². The number of primary amides is 1. The summed E-state index contributed by atoms with van der Waals surface area (Å²) in [5, 5.41) is 8.65. The molecule has 26 heavy (non-hydrogen) atoms. The minimum Gasteiger partial charge on any atom is -0.368 e. The Labute approximate surface area is 150 Å². The summed E-state index contributed by atoms with van der Waals surface area (Å²) in [6.07, 6.45) is 3.23. The van der Waals surface area contributed by atoms with Crippen LogP contribution in [0.4, 0.5) is 0 Å². The average Bonchev–Trinajstić information content (AvgIpc) is 3.16. The Balaban J connectivity index is 1.83. The molecule has 1 atom stereocenters. The van der Waals surface area contributed by atoms with Crippen LogP contribution in [0.5, 0.6) is 0 Å². The van der Waals surface area contributed by atoms with Gasteiger partial charge in [0.2, 0.25) is 11.8 Å². The van der Waals surface area contributed by atoms with E-state index in [1.807, 2.05) is 48.5 Å². The van der Waals surface area contributed by atoms with Gasteiger partial charge in [0.15, 0.2) is 0 Å². The fraction of sp³-hybridized carbons (Fsp3) is 0.100. The number of carbonyl (C=O) groups excluding carboxylic acids is 2. The molecule has 132 valence electrons. The monoisotopic (exact) mass is 349 g/mol. The van der Waals surface area contributed by atoms with Gasteiger partial charge in [-0.3, -0.25) is 14.8 Å². The number of nitrogens with two attached hydrogens (primary N) is 1. The number of nitrogens with one attached hydrogen (secondary N) is 1. The van der Waals surface area contributed by atoms with Gasteiger partial charge in [-0.15, -0.1) is 0 Å². The Morgan fingerprint density at radius 3 is 2.08 bits per heavy atom. The van der Waals surface area contributed by atoms with Crippen molar-refractivity contribution >= 4 is 11.8 Å². The van der Waals surface area contributed by atoms with E-state index in [0.29, 0.717) is 0 Å². The lowest BCUT2D eigenvalue weighted by Crippen LogP contribution is -2.31. The van der Waals surface area contributed by atoms with Gasteiger partial charge in [-0.1, -0.05) is 54.6 Å². The van der Waals surface area contributed by atoms with Gasteiger partial charge < -0.3 is 10.3 Å². The number of benzene rings is 2. The van der Waals surface area contributed by atoms with E-state index in [2.05, 4.69) is 12.1 Å². The molecular formula is C20H19N3O3. The van der Waals surface area contributed by atoms with Crippen LogP contribution in [0.15, 0.2) is 73.1 Å². The van der Waals surface area contributed by atoms with Crippen LogP contribution in [0.1, 0.15) is 12.5 Å². The molecule has 2 amide bonds. The minimum absolute atomic E-state index is 0.229. The molecule has 6 nitrogen and oxygen atoms in total. The van der Waals surface area contributed by atoms with Crippen molar-refractivity contribution < 1.29 is 14.8 Å². The molecule has 0 aliphatic carbocycles. The fourth-order valence-electron chi connectivity index (χ4n) is 2.84. The molecule has 6 heteroatoms. The van der Waals surface area contributed by atoms with Gasteiger partial charge in [0.25, 0.3) is 0 Å². The highest BCUT2D eigenvalue weighted by Crippen LogP contribution is 2.26. The molecule has 4 N–H and O–H groups in total. The highest BCUT2D eigenvalue weighted by atomic mass is 16.5. The van der Waals surface area contributed by atoms with Crippen molar-refractivity contribution in [1.82, 2.24) is 10.0 Å². The van der Waals surface area contributed by atoms with Crippen molar-refractivity contribution in [3.05, 3.63) is 73.1 Å². The normalized spacial score (nSPS) is 11.7. The number of amides is 2. The van der Waals surface area contributed by atoms with Gasteiger partial charge in [-0.25, -0.2) is 5.48 Å². The first kappa shape index (κ1) is 17.4. The highest BCUT2D eigenvalue weighted by molar-refractivity contribution is 5.85. The van der Waals surface area contributed by atoms with Crippen molar-refractivity contribution in [2.24, 2.45) is 5.73 Å². The molecule has 0 bridgehead atoms. The van der Waals surface area contributed by atoms with Gasteiger partial charge in [-0.05, 0) is 28.3 Å². The third kappa shape index (κ3) is 3.81. The van der Waals surface area contributed by atoms with E-state index in [1.165, 1.54) is 5.48 Å². The molecule has 0 aliphatic heterocycles. The average molecular weight is 349 g/mol. The predicted molar refractivity (Wildman–Crippen MR) is 98.1 cm³/mol. The largest absolute Gasteiger partial charge is 0.368 e. The Morgan fingerprint density at radius 2 is 1.50 bits per heavy atom. The third-order valence-corrected chi connectivity index (χ3v) is 4.23. The van der Waals surface area contributed by atoms with E-state index in [4.69, 9.17) is 10.9 Å². The Bertz CT molecular complexity index is 902. The first-order chi connectivity index (χ1) is 12.6. The summed E-state index contributed by atoms with van der Waals surface area (Å²) in [7, 11) is 0. The van der Waals surface area contributed by atoms with Crippen LogP contribution in [-0.2, 0) is 9.59 Å². The van der Waals surface area contributed by atoms with Gasteiger partial charge in [0, 0.05) is 12.4 Å². The van der Waals surface area contributed by atoms with Gasteiger partial charge in [-0.2, -0.15) is 0 Å². The molecule has 0 saturated heterocycles. The van der Waals surface area contributed by atoms with Crippen LogP contribution >= 0.6 is 0 Å². The molecule has 0 radical (unpaired) electrons. The molecular weight excluding hydrogens is 330 g/mol. The fourth-order valence-corrected chi connectivity index (χ4v) is 2.84. The predicted octanol–water partition coefficient (Wildman–Crippen LogP) is 2.74. The van der Waals surface area contributed by atoms with Gasteiger partial charge in [0.1, 0.15) is 6.04 Å². The van der Waals surface area contributed by atoms with Crippen molar-refractivity contribution in [2.45, 2.75) is 12.5 Å². The zero-order valence-electron chi connectivity index (χ0n) is 14.0.